The van der Waals surface area contributed by atoms with Crippen LogP contribution >= 0.6 is 0 Å². The van der Waals surface area contributed by atoms with Gasteiger partial charge in [0.1, 0.15) is 0 Å². The second kappa shape index (κ2) is 3.02. The van der Waals surface area contributed by atoms with Crippen LogP contribution < -0.4 is 0 Å². The highest BCUT2D eigenvalue weighted by atomic mass is 19.4. The van der Waals surface area contributed by atoms with Crippen LogP contribution in [0.1, 0.15) is 13.3 Å². The van der Waals surface area contributed by atoms with Crippen molar-refractivity contribution in [1.29, 1.82) is 0 Å². The van der Waals surface area contributed by atoms with Crippen molar-refractivity contribution < 1.29 is 41.0 Å². The molecule has 9 heteroatoms. The molecule has 0 aromatic heterocycles. The number of hydrogen-bond acceptors (Lipinski definition) is 3. The summed E-state index contributed by atoms with van der Waals surface area (Å²) in [5.41, 5.74) is -7.42. The third-order valence-electron chi connectivity index (χ3n) is 2.22. The Morgan fingerprint density at radius 2 is 1.56 bits per heavy atom. The van der Waals surface area contributed by atoms with Gasteiger partial charge in [-0.3, -0.25) is 0 Å². The lowest BCUT2D eigenvalue weighted by atomic mass is 9.91. The average Bonchev–Trinajstić information content (AvgIpc) is 2.21. The fourth-order valence-corrected chi connectivity index (χ4v) is 1.34. The van der Waals surface area contributed by atoms with E-state index >= 15 is 0 Å². The maximum Gasteiger partial charge on any atom is 0.437 e. The summed E-state index contributed by atoms with van der Waals surface area (Å²) in [4.78, 5) is 10.7. The van der Waals surface area contributed by atoms with Crippen molar-refractivity contribution >= 4 is 5.97 Å². The lowest BCUT2D eigenvalue weighted by Crippen LogP contribution is -2.57. The molecule has 3 nitrogen and oxygen atoms in total. The number of carbonyl (C=O) groups excluding carboxylic acids is 1. The van der Waals surface area contributed by atoms with Crippen LogP contribution in [0.4, 0.5) is 26.3 Å². The van der Waals surface area contributed by atoms with Crippen molar-refractivity contribution in [2.24, 2.45) is 0 Å². The molecule has 1 heterocycles. The molecule has 1 fully saturated rings. The summed E-state index contributed by atoms with van der Waals surface area (Å²) in [6, 6.07) is 0. The zero-order valence-corrected chi connectivity index (χ0v) is 7.74. The van der Waals surface area contributed by atoms with E-state index < -0.39 is 35.9 Å². The first-order valence-corrected chi connectivity index (χ1v) is 3.93. The Kier molecular flexibility index (Phi) is 2.47. The van der Waals surface area contributed by atoms with E-state index in [-0.39, 0.29) is 0 Å². The Balaban J connectivity index is 3.28. The molecule has 1 N–H and O–H groups in total. The molecular weight excluding hydrogens is 246 g/mol. The Hall–Kier alpha value is -0.990. The molecule has 0 aromatic carbocycles. The molecule has 1 aliphatic heterocycles. The molecular formula is C7H6F6O3. The average molecular weight is 252 g/mol. The fraction of sp³-hybridized carbons (Fsp3) is 0.857. The number of cyclic esters (lactones) is 1. The van der Waals surface area contributed by atoms with Gasteiger partial charge in [0.15, 0.2) is 5.60 Å². The third kappa shape index (κ3) is 1.62. The highest BCUT2D eigenvalue weighted by Gasteiger charge is 2.79. The highest BCUT2D eigenvalue weighted by molar-refractivity contribution is 5.82. The summed E-state index contributed by atoms with van der Waals surface area (Å²) < 4.78 is 77.3. The number of ether oxygens (including phenoxy) is 1. The molecule has 0 aromatic rings. The van der Waals surface area contributed by atoms with Crippen LogP contribution in [0.5, 0.6) is 0 Å². The number of esters is 1. The van der Waals surface area contributed by atoms with Crippen molar-refractivity contribution in [2.45, 2.75) is 36.9 Å². The maximum atomic E-state index is 12.3. The molecule has 0 amide bonds. The first kappa shape index (κ1) is 13.1. The lowest BCUT2D eigenvalue weighted by Gasteiger charge is -2.31. The normalized spacial score (nSPS) is 30.4. The summed E-state index contributed by atoms with van der Waals surface area (Å²) >= 11 is 0. The number of alkyl halides is 6. The van der Waals surface area contributed by atoms with Gasteiger partial charge in [0.2, 0.25) is 0 Å². The first-order valence-electron chi connectivity index (χ1n) is 3.93. The van der Waals surface area contributed by atoms with E-state index in [2.05, 4.69) is 4.74 Å². The molecule has 0 aliphatic carbocycles. The van der Waals surface area contributed by atoms with E-state index in [1.54, 1.807) is 0 Å². The van der Waals surface area contributed by atoms with Crippen molar-refractivity contribution in [3.8, 4) is 0 Å². The topological polar surface area (TPSA) is 46.5 Å². The van der Waals surface area contributed by atoms with Gasteiger partial charge in [-0.05, 0) is 6.92 Å². The van der Waals surface area contributed by atoms with Crippen LogP contribution in [-0.4, -0.2) is 34.6 Å². The van der Waals surface area contributed by atoms with Gasteiger partial charge in [0.05, 0.1) is 0 Å². The third-order valence-corrected chi connectivity index (χ3v) is 2.22. The fourth-order valence-electron chi connectivity index (χ4n) is 1.34. The van der Waals surface area contributed by atoms with Gasteiger partial charge in [0, 0.05) is 6.42 Å². The van der Waals surface area contributed by atoms with Crippen molar-refractivity contribution in [2.75, 3.05) is 0 Å². The van der Waals surface area contributed by atoms with E-state index in [4.69, 9.17) is 5.11 Å². The highest BCUT2D eigenvalue weighted by Crippen LogP contribution is 2.53. The smallest absolute Gasteiger partial charge is 0.437 e. The minimum atomic E-state index is -5.83. The number of halogens is 6. The summed E-state index contributed by atoms with van der Waals surface area (Å²) in [5, 5.41) is 9.05. The first-order chi connectivity index (χ1) is 6.83. The SMILES string of the molecule is C[C@@]1(O)CC(C(F)(F)F)(C(F)(F)F)OC1=O. The zero-order valence-electron chi connectivity index (χ0n) is 7.74. The quantitative estimate of drug-likeness (QED) is 0.525. The molecule has 0 bridgehead atoms. The van der Waals surface area contributed by atoms with Gasteiger partial charge < -0.3 is 9.84 Å². The van der Waals surface area contributed by atoms with Crippen LogP contribution in [0.3, 0.4) is 0 Å². The predicted octanol–water partition coefficient (Wildman–Crippen LogP) is 1.55. The molecule has 1 saturated heterocycles. The summed E-state index contributed by atoms with van der Waals surface area (Å²) in [6.45, 7) is 0.536. The van der Waals surface area contributed by atoms with Gasteiger partial charge >= 0.3 is 23.9 Å². The molecule has 1 atom stereocenters. The van der Waals surface area contributed by atoms with E-state index in [1.165, 1.54) is 0 Å². The van der Waals surface area contributed by atoms with Gasteiger partial charge in [-0.1, -0.05) is 0 Å². The standard InChI is InChI=1S/C7H6F6O3/c1-4(15)2-5(6(8,9)10,7(11,12)13)16-3(4)14/h15H,2H2,1H3/t4-/m1/s1. The minimum absolute atomic E-state index is 0.536. The molecule has 0 saturated carbocycles. The summed E-state index contributed by atoms with van der Waals surface area (Å²) in [5.74, 6) is -1.94. The van der Waals surface area contributed by atoms with Gasteiger partial charge in [-0.25, -0.2) is 4.79 Å². The molecule has 1 aliphatic rings. The number of aliphatic hydroxyl groups is 1. The Bertz CT molecular complexity index is 301. The van der Waals surface area contributed by atoms with Crippen molar-refractivity contribution in [1.82, 2.24) is 0 Å². The maximum absolute atomic E-state index is 12.3. The Morgan fingerprint density at radius 1 is 1.19 bits per heavy atom. The van der Waals surface area contributed by atoms with Crippen LogP contribution in [0.15, 0.2) is 0 Å². The van der Waals surface area contributed by atoms with Crippen molar-refractivity contribution in [3.63, 3.8) is 0 Å². The van der Waals surface area contributed by atoms with Crippen LogP contribution in [-0.2, 0) is 9.53 Å². The van der Waals surface area contributed by atoms with Gasteiger partial charge in [-0.2, -0.15) is 26.3 Å². The zero-order chi connectivity index (χ0) is 13.0. The molecule has 0 spiro atoms. The Labute approximate surface area is 85.0 Å². The van der Waals surface area contributed by atoms with E-state index in [0.717, 1.165) is 0 Å². The molecule has 1 rings (SSSR count). The number of carbonyl (C=O) groups is 1. The van der Waals surface area contributed by atoms with Gasteiger partial charge in [0.25, 0.3) is 0 Å². The second-order valence-electron chi connectivity index (χ2n) is 3.66. The van der Waals surface area contributed by atoms with Crippen molar-refractivity contribution in [3.05, 3.63) is 0 Å². The number of rotatable bonds is 0. The summed E-state index contributed by atoms with van der Waals surface area (Å²) in [6.07, 6.45) is -13.6. The molecule has 0 unspecified atom stereocenters. The van der Waals surface area contributed by atoms with Crippen LogP contribution in [0.2, 0.25) is 0 Å². The second-order valence-corrected chi connectivity index (χ2v) is 3.66. The van der Waals surface area contributed by atoms with Crippen LogP contribution in [0.25, 0.3) is 0 Å². The van der Waals surface area contributed by atoms with Crippen LogP contribution in [0, 0.1) is 0 Å². The number of hydrogen-bond donors (Lipinski definition) is 1. The summed E-state index contributed by atoms with van der Waals surface area (Å²) in [7, 11) is 0. The molecule has 0 radical (unpaired) electrons. The monoisotopic (exact) mass is 252 g/mol. The van der Waals surface area contributed by atoms with E-state index in [1.807, 2.05) is 0 Å². The lowest BCUT2D eigenvalue weighted by molar-refractivity contribution is -0.362. The Morgan fingerprint density at radius 3 is 1.69 bits per heavy atom. The van der Waals surface area contributed by atoms with E-state index in [0.29, 0.717) is 6.92 Å². The van der Waals surface area contributed by atoms with Gasteiger partial charge in [-0.15, -0.1) is 0 Å². The predicted molar refractivity (Wildman–Crippen MR) is 36.2 cm³/mol. The molecule has 16 heavy (non-hydrogen) atoms. The molecule has 94 valence electrons. The minimum Gasteiger partial charge on any atom is -0.437 e. The largest absolute Gasteiger partial charge is 0.437 e. The van der Waals surface area contributed by atoms with E-state index in [9.17, 15) is 31.1 Å².